The first-order chi connectivity index (χ1) is 7.82. The summed E-state index contributed by atoms with van der Waals surface area (Å²) in [6.07, 6.45) is -2.59. The maximum Gasteiger partial charge on any atom is 0.137 e. The van der Waals surface area contributed by atoms with Crippen molar-refractivity contribution in [1.29, 1.82) is 0 Å². The largest absolute Gasteiger partial charge is 0.495 e. The predicted octanol–water partition coefficient (Wildman–Crippen LogP) is 1.76. The Labute approximate surface area is 92.1 Å². The Hall–Kier alpha value is -0.770. The molecular formula is C10H13ClO3. The summed E-state index contributed by atoms with van der Waals surface area (Å²) in [5.41, 5.74) is -0.171. The molecule has 1 aromatic carbocycles. The van der Waals surface area contributed by atoms with Crippen LogP contribution in [0.5, 0.6) is 5.75 Å². The van der Waals surface area contributed by atoms with E-state index in [1.165, 1.54) is 14.0 Å². The standard InChI is InChI=1S/C10H13ClO3/c1-6(12)10(13)7-3-4-9(14-2)8(11)5-7/h3-6,10,12-13H,1-2H3/t6-,10-/m0/s1/i3D,4D,5D. The lowest BCUT2D eigenvalue weighted by atomic mass is 10.1. The van der Waals surface area contributed by atoms with Crippen molar-refractivity contribution >= 4 is 11.6 Å². The molecular weight excluding hydrogens is 204 g/mol. The molecule has 0 aromatic heterocycles. The third-order valence-corrected chi connectivity index (χ3v) is 1.98. The highest BCUT2D eigenvalue weighted by atomic mass is 35.5. The van der Waals surface area contributed by atoms with Gasteiger partial charge >= 0.3 is 0 Å². The Morgan fingerprint density at radius 3 is 2.64 bits per heavy atom. The monoisotopic (exact) mass is 219 g/mol. The molecule has 1 rings (SSSR count). The van der Waals surface area contributed by atoms with Crippen molar-refractivity contribution in [3.63, 3.8) is 0 Å². The number of rotatable bonds is 3. The zero-order valence-electron chi connectivity index (χ0n) is 10.8. The van der Waals surface area contributed by atoms with Gasteiger partial charge in [0.2, 0.25) is 0 Å². The van der Waals surface area contributed by atoms with Crippen LogP contribution < -0.4 is 4.74 Å². The molecule has 0 saturated carbocycles. The highest BCUT2D eigenvalue weighted by Gasteiger charge is 2.14. The molecule has 3 nitrogen and oxygen atoms in total. The first-order valence-electron chi connectivity index (χ1n) is 5.52. The number of halogens is 1. The zero-order valence-corrected chi connectivity index (χ0v) is 8.59. The second-order valence-corrected chi connectivity index (χ2v) is 3.20. The van der Waals surface area contributed by atoms with Crippen LogP contribution in [0.2, 0.25) is 5.02 Å². The summed E-state index contributed by atoms with van der Waals surface area (Å²) < 4.78 is 27.9. The van der Waals surface area contributed by atoms with Crippen molar-refractivity contribution in [3.8, 4) is 5.75 Å². The van der Waals surface area contributed by atoms with Gasteiger partial charge in [-0.25, -0.2) is 0 Å². The summed E-state index contributed by atoms with van der Waals surface area (Å²) >= 11 is 5.82. The molecule has 0 saturated heterocycles. The van der Waals surface area contributed by atoms with Gasteiger partial charge < -0.3 is 14.9 Å². The maximum atomic E-state index is 9.70. The molecule has 0 aliphatic heterocycles. The van der Waals surface area contributed by atoms with Gasteiger partial charge in [0.05, 0.1) is 22.3 Å². The molecule has 78 valence electrons. The Balaban J connectivity index is 3.53. The number of hydrogen-bond acceptors (Lipinski definition) is 3. The molecule has 1 aromatic rings. The van der Waals surface area contributed by atoms with Gasteiger partial charge in [-0.3, -0.25) is 0 Å². The van der Waals surface area contributed by atoms with E-state index in [1.807, 2.05) is 0 Å². The van der Waals surface area contributed by atoms with Crippen LogP contribution in [-0.4, -0.2) is 23.4 Å². The van der Waals surface area contributed by atoms with Gasteiger partial charge in [-0.05, 0) is 24.6 Å². The average Bonchev–Trinajstić information content (AvgIpc) is 2.27. The first kappa shape index (κ1) is 7.51. The first-order valence-corrected chi connectivity index (χ1v) is 4.40. The van der Waals surface area contributed by atoms with Crippen LogP contribution in [0.15, 0.2) is 18.1 Å². The fourth-order valence-corrected chi connectivity index (χ4v) is 1.14. The van der Waals surface area contributed by atoms with Gasteiger partial charge in [0.1, 0.15) is 11.9 Å². The van der Waals surface area contributed by atoms with Gasteiger partial charge in [-0.2, -0.15) is 0 Å². The molecule has 4 heteroatoms. The summed E-state index contributed by atoms with van der Waals surface area (Å²) in [6, 6.07) is -0.995. The van der Waals surface area contributed by atoms with Gasteiger partial charge in [0.15, 0.2) is 0 Å². The van der Waals surface area contributed by atoms with Crippen LogP contribution in [0, 0.1) is 0 Å². The van der Waals surface area contributed by atoms with Crippen LogP contribution in [0.4, 0.5) is 0 Å². The van der Waals surface area contributed by atoms with Crippen molar-refractivity contribution in [2.45, 2.75) is 19.1 Å². The van der Waals surface area contributed by atoms with E-state index in [0.29, 0.717) is 0 Å². The molecule has 0 aliphatic rings. The van der Waals surface area contributed by atoms with E-state index in [4.69, 9.17) is 20.5 Å². The minimum atomic E-state index is -1.43. The van der Waals surface area contributed by atoms with E-state index in [-0.39, 0.29) is 34.5 Å². The summed E-state index contributed by atoms with van der Waals surface area (Å²) in [4.78, 5) is 0. The van der Waals surface area contributed by atoms with Gasteiger partial charge in [-0.1, -0.05) is 17.6 Å². The zero-order chi connectivity index (χ0) is 13.3. The van der Waals surface area contributed by atoms with Crippen LogP contribution in [0.1, 0.15) is 22.7 Å². The summed E-state index contributed by atoms with van der Waals surface area (Å²) in [5, 5.41) is 18.8. The summed E-state index contributed by atoms with van der Waals surface area (Å²) in [5.74, 6) is -0.0804. The summed E-state index contributed by atoms with van der Waals surface area (Å²) in [7, 11) is 1.28. The maximum absolute atomic E-state index is 9.70. The molecule has 0 unspecified atom stereocenters. The van der Waals surface area contributed by atoms with Crippen LogP contribution in [0.3, 0.4) is 0 Å². The van der Waals surface area contributed by atoms with Crippen LogP contribution >= 0.6 is 11.6 Å². The number of aliphatic hydroxyl groups is 2. The molecule has 14 heavy (non-hydrogen) atoms. The minimum absolute atomic E-state index is 0.0804. The number of methoxy groups -OCH3 is 1. The lowest BCUT2D eigenvalue weighted by Crippen LogP contribution is -2.13. The molecule has 0 bridgehead atoms. The molecule has 0 radical (unpaired) electrons. The van der Waals surface area contributed by atoms with Crippen molar-refractivity contribution < 1.29 is 19.1 Å². The number of benzene rings is 1. The Kier molecular flexibility index (Phi) is 2.49. The van der Waals surface area contributed by atoms with E-state index in [9.17, 15) is 10.2 Å². The van der Waals surface area contributed by atoms with Crippen LogP contribution in [-0.2, 0) is 0 Å². The Morgan fingerprint density at radius 2 is 2.14 bits per heavy atom. The molecule has 2 atom stereocenters. The molecule has 2 N–H and O–H groups in total. The second kappa shape index (κ2) is 4.64. The SMILES string of the molecule is [2H]c1c([2H])c([C@@H](O)[C@H](C)O)c([2H])c(Cl)c1OC. The van der Waals surface area contributed by atoms with Gasteiger partial charge in [0.25, 0.3) is 0 Å². The van der Waals surface area contributed by atoms with Crippen molar-refractivity contribution in [2.24, 2.45) is 0 Å². The molecule has 0 spiro atoms. The Bertz CT molecular complexity index is 408. The smallest absolute Gasteiger partial charge is 0.137 e. The number of hydrogen-bond donors (Lipinski definition) is 2. The summed E-state index contributed by atoms with van der Waals surface area (Å²) in [6.45, 7) is 1.32. The molecule has 0 aliphatic carbocycles. The number of aliphatic hydroxyl groups excluding tert-OH is 2. The van der Waals surface area contributed by atoms with Crippen molar-refractivity contribution in [2.75, 3.05) is 7.11 Å². The Morgan fingerprint density at radius 1 is 1.50 bits per heavy atom. The van der Waals surface area contributed by atoms with E-state index < -0.39 is 12.2 Å². The van der Waals surface area contributed by atoms with Crippen molar-refractivity contribution in [3.05, 3.63) is 28.7 Å². The topological polar surface area (TPSA) is 49.7 Å². The average molecular weight is 220 g/mol. The third kappa shape index (κ3) is 2.38. The minimum Gasteiger partial charge on any atom is -0.495 e. The van der Waals surface area contributed by atoms with Gasteiger partial charge in [-0.15, -0.1) is 0 Å². The highest BCUT2D eigenvalue weighted by molar-refractivity contribution is 6.32. The predicted molar refractivity (Wildman–Crippen MR) is 54.6 cm³/mol. The third-order valence-electron chi connectivity index (χ3n) is 1.71. The second-order valence-electron chi connectivity index (χ2n) is 2.82. The normalized spacial score (nSPS) is 17.9. The van der Waals surface area contributed by atoms with E-state index >= 15 is 0 Å². The lowest BCUT2D eigenvalue weighted by Gasteiger charge is -2.14. The van der Waals surface area contributed by atoms with E-state index in [0.717, 1.165) is 0 Å². The van der Waals surface area contributed by atoms with Crippen molar-refractivity contribution in [1.82, 2.24) is 0 Å². The van der Waals surface area contributed by atoms with E-state index in [2.05, 4.69) is 0 Å². The fourth-order valence-electron chi connectivity index (χ4n) is 0.915. The fraction of sp³-hybridized carbons (Fsp3) is 0.400. The van der Waals surface area contributed by atoms with Crippen LogP contribution in [0.25, 0.3) is 0 Å². The lowest BCUT2D eigenvalue weighted by molar-refractivity contribution is 0.0305. The van der Waals surface area contributed by atoms with E-state index in [1.54, 1.807) is 0 Å². The molecule has 0 fully saturated rings. The molecule has 0 heterocycles. The quantitative estimate of drug-likeness (QED) is 0.815. The molecule has 0 amide bonds. The number of ether oxygens (including phenoxy) is 1. The highest BCUT2D eigenvalue weighted by Crippen LogP contribution is 2.28. The van der Waals surface area contributed by atoms with Gasteiger partial charge in [0, 0.05) is 0 Å².